The van der Waals surface area contributed by atoms with Crippen molar-refractivity contribution in [3.63, 3.8) is 0 Å². The van der Waals surface area contributed by atoms with E-state index in [1.54, 1.807) is 6.26 Å². The van der Waals surface area contributed by atoms with Gasteiger partial charge >= 0.3 is 6.36 Å². The van der Waals surface area contributed by atoms with Crippen LogP contribution in [0.4, 0.5) is 17.6 Å². The van der Waals surface area contributed by atoms with Gasteiger partial charge in [-0.25, -0.2) is 4.39 Å². The summed E-state index contributed by atoms with van der Waals surface area (Å²) < 4.78 is 66.0. The Morgan fingerprint density at radius 2 is 2.05 bits per heavy atom. The van der Waals surface area contributed by atoms with Crippen LogP contribution >= 0.6 is 0 Å². The second kappa shape index (κ2) is 6.54. The zero-order chi connectivity index (χ0) is 16.4. The highest BCUT2D eigenvalue weighted by Crippen LogP contribution is 2.36. The first-order valence-corrected chi connectivity index (χ1v) is 8.37. The highest BCUT2D eigenvalue weighted by atomic mass is 32.2. The number of ether oxygens (including phenoxy) is 1. The van der Waals surface area contributed by atoms with E-state index in [4.69, 9.17) is 0 Å². The predicted molar refractivity (Wildman–Crippen MR) is 75.4 cm³/mol. The van der Waals surface area contributed by atoms with Gasteiger partial charge in [0, 0.05) is 35.7 Å². The van der Waals surface area contributed by atoms with Crippen LogP contribution in [-0.2, 0) is 17.3 Å². The molecule has 124 valence electrons. The first kappa shape index (κ1) is 17.2. The van der Waals surface area contributed by atoms with Gasteiger partial charge in [0.05, 0.1) is 4.75 Å². The van der Waals surface area contributed by atoms with E-state index in [-0.39, 0.29) is 16.9 Å². The van der Waals surface area contributed by atoms with Crippen LogP contribution in [0, 0.1) is 5.82 Å². The summed E-state index contributed by atoms with van der Waals surface area (Å²) in [6.45, 7) is 0.257. The molecule has 0 radical (unpaired) electrons. The topological polar surface area (TPSA) is 38.3 Å². The van der Waals surface area contributed by atoms with Crippen LogP contribution in [0.1, 0.15) is 24.8 Å². The average Bonchev–Trinajstić information content (AvgIpc) is 2.32. The molecule has 1 aromatic carbocycles. The van der Waals surface area contributed by atoms with E-state index in [0.29, 0.717) is 6.54 Å². The third-order valence-corrected chi connectivity index (χ3v) is 5.70. The molecule has 8 heteroatoms. The van der Waals surface area contributed by atoms with E-state index in [1.165, 1.54) is 0 Å². The van der Waals surface area contributed by atoms with Crippen molar-refractivity contribution in [1.82, 2.24) is 5.32 Å². The van der Waals surface area contributed by atoms with Gasteiger partial charge in [0.15, 0.2) is 0 Å². The van der Waals surface area contributed by atoms with E-state index in [2.05, 4.69) is 10.1 Å². The van der Waals surface area contributed by atoms with Gasteiger partial charge in [-0.15, -0.1) is 13.2 Å². The number of hydrogen-bond donors (Lipinski definition) is 1. The van der Waals surface area contributed by atoms with Crippen molar-refractivity contribution < 1.29 is 26.5 Å². The normalized spacial score (nSPS) is 18.6. The number of rotatable bonds is 6. The van der Waals surface area contributed by atoms with Crippen LogP contribution in [0.15, 0.2) is 18.2 Å². The van der Waals surface area contributed by atoms with Crippen LogP contribution in [-0.4, -0.2) is 28.1 Å². The molecular formula is C14H17F4NO2S. The zero-order valence-corrected chi connectivity index (χ0v) is 12.8. The molecule has 2 rings (SSSR count). The molecular weight excluding hydrogens is 322 g/mol. The summed E-state index contributed by atoms with van der Waals surface area (Å²) in [4.78, 5) is 0. The van der Waals surface area contributed by atoms with Crippen LogP contribution in [0.3, 0.4) is 0 Å². The standard InChI is InChI=1S/C14H17F4NO2S/c1-22(20)13(6-3-7-13)9-19-8-10-11(15)4-2-5-12(10)21-14(16,17)18/h2,4-5,19H,3,6-9H2,1H3/t22-/m1/s1. The maximum Gasteiger partial charge on any atom is 0.573 e. The quantitative estimate of drug-likeness (QED) is 0.810. The number of hydrogen-bond acceptors (Lipinski definition) is 3. The molecule has 1 fully saturated rings. The van der Waals surface area contributed by atoms with Gasteiger partial charge in [-0.1, -0.05) is 12.5 Å². The van der Waals surface area contributed by atoms with Gasteiger partial charge in [0.1, 0.15) is 11.6 Å². The molecule has 0 saturated heterocycles. The third kappa shape index (κ3) is 3.98. The molecule has 3 nitrogen and oxygen atoms in total. The molecule has 0 spiro atoms. The molecule has 0 heterocycles. The molecule has 1 atom stereocenters. The van der Waals surface area contributed by atoms with Gasteiger partial charge in [-0.2, -0.15) is 0 Å². The van der Waals surface area contributed by atoms with Crippen molar-refractivity contribution in [2.45, 2.75) is 36.9 Å². The maximum atomic E-state index is 13.8. The maximum absolute atomic E-state index is 13.8. The van der Waals surface area contributed by atoms with E-state index in [1.807, 2.05) is 0 Å². The van der Waals surface area contributed by atoms with Gasteiger partial charge in [-0.05, 0) is 25.0 Å². The highest BCUT2D eigenvalue weighted by Gasteiger charge is 2.40. The molecule has 0 aromatic heterocycles. The Hall–Kier alpha value is -1.15. The molecule has 0 bridgehead atoms. The molecule has 1 aliphatic rings. The minimum Gasteiger partial charge on any atom is -0.405 e. The van der Waals surface area contributed by atoms with Crippen molar-refractivity contribution in [2.24, 2.45) is 0 Å². The third-order valence-electron chi connectivity index (χ3n) is 3.93. The lowest BCUT2D eigenvalue weighted by Gasteiger charge is -2.40. The van der Waals surface area contributed by atoms with Gasteiger partial charge in [0.25, 0.3) is 0 Å². The Bertz CT molecular complexity index is 558. The molecule has 22 heavy (non-hydrogen) atoms. The van der Waals surface area contributed by atoms with Gasteiger partial charge < -0.3 is 10.1 Å². The Labute approximate surface area is 128 Å². The Morgan fingerprint density at radius 1 is 1.36 bits per heavy atom. The minimum absolute atomic E-state index is 0.114. The second-order valence-corrected chi connectivity index (χ2v) is 7.13. The van der Waals surface area contributed by atoms with E-state index in [9.17, 15) is 21.8 Å². The number of alkyl halides is 3. The highest BCUT2D eigenvalue weighted by molar-refractivity contribution is 7.85. The summed E-state index contributed by atoms with van der Waals surface area (Å²) in [5, 5.41) is 2.91. The Balaban J connectivity index is 2.04. The van der Waals surface area contributed by atoms with Crippen LogP contribution in [0.2, 0.25) is 0 Å². The summed E-state index contributed by atoms with van der Waals surface area (Å²) in [7, 11) is -1.03. The fourth-order valence-corrected chi connectivity index (χ4v) is 3.65. The first-order valence-electron chi connectivity index (χ1n) is 6.81. The lowest BCUT2D eigenvalue weighted by molar-refractivity contribution is -0.275. The van der Waals surface area contributed by atoms with E-state index in [0.717, 1.165) is 37.5 Å². The van der Waals surface area contributed by atoms with Gasteiger partial charge in [-0.3, -0.25) is 4.21 Å². The number of halogens is 4. The monoisotopic (exact) mass is 339 g/mol. The largest absolute Gasteiger partial charge is 0.573 e. The molecule has 1 N–H and O–H groups in total. The fraction of sp³-hybridized carbons (Fsp3) is 0.571. The molecule has 0 unspecified atom stereocenters. The summed E-state index contributed by atoms with van der Waals surface area (Å²) in [5.74, 6) is -1.32. The number of benzene rings is 1. The van der Waals surface area contributed by atoms with Crippen molar-refractivity contribution in [3.8, 4) is 5.75 Å². The molecule has 0 amide bonds. The lowest BCUT2D eigenvalue weighted by atomic mass is 9.84. The minimum atomic E-state index is -4.87. The Morgan fingerprint density at radius 3 is 2.55 bits per heavy atom. The molecule has 1 aromatic rings. The van der Waals surface area contributed by atoms with E-state index >= 15 is 0 Å². The molecule has 1 aliphatic carbocycles. The average molecular weight is 339 g/mol. The Kier molecular flexibility index (Phi) is 5.11. The second-order valence-electron chi connectivity index (χ2n) is 5.36. The summed E-state index contributed by atoms with van der Waals surface area (Å²) in [6.07, 6.45) is -0.688. The molecule has 1 saturated carbocycles. The lowest BCUT2D eigenvalue weighted by Crippen LogP contribution is -2.49. The first-order chi connectivity index (χ1) is 10.2. The molecule has 0 aliphatic heterocycles. The fourth-order valence-electron chi connectivity index (χ4n) is 2.48. The van der Waals surface area contributed by atoms with Crippen LogP contribution in [0.5, 0.6) is 5.75 Å². The summed E-state index contributed by atoms with van der Waals surface area (Å²) in [5.41, 5.74) is -0.184. The SMILES string of the molecule is C[S@@](=O)C1(CNCc2c(F)cccc2OC(F)(F)F)CCC1. The van der Waals surface area contributed by atoms with Crippen molar-refractivity contribution >= 4 is 10.8 Å². The summed E-state index contributed by atoms with van der Waals surface area (Å²) >= 11 is 0. The van der Waals surface area contributed by atoms with Crippen LogP contribution in [0.25, 0.3) is 0 Å². The summed E-state index contributed by atoms with van der Waals surface area (Å²) in [6, 6.07) is 3.32. The van der Waals surface area contributed by atoms with E-state index < -0.39 is 28.7 Å². The predicted octanol–water partition coefficient (Wildman–Crippen LogP) is 3.12. The van der Waals surface area contributed by atoms with Gasteiger partial charge in [0.2, 0.25) is 0 Å². The number of nitrogens with one attached hydrogen (secondary N) is 1. The van der Waals surface area contributed by atoms with Crippen molar-refractivity contribution in [1.29, 1.82) is 0 Å². The van der Waals surface area contributed by atoms with Crippen LogP contribution < -0.4 is 10.1 Å². The zero-order valence-electron chi connectivity index (χ0n) is 12.0. The van der Waals surface area contributed by atoms with Crippen molar-refractivity contribution in [3.05, 3.63) is 29.6 Å². The smallest absolute Gasteiger partial charge is 0.405 e. The van der Waals surface area contributed by atoms with Crippen molar-refractivity contribution in [2.75, 3.05) is 12.8 Å².